The topological polar surface area (TPSA) is 20.2 Å². The predicted octanol–water partition coefficient (Wildman–Crippen LogP) is 4.69. The second-order valence-electron chi connectivity index (χ2n) is 4.71. The fourth-order valence-electron chi connectivity index (χ4n) is 1.96. The van der Waals surface area contributed by atoms with E-state index in [0.717, 1.165) is 10.0 Å². The fraction of sp³-hybridized carbons (Fsp3) is 0.200. The first-order valence-corrected chi connectivity index (χ1v) is 6.98. The number of rotatable bonds is 3. The predicted molar refractivity (Wildman–Crippen MR) is 78.8 cm³/mol. The molecule has 0 saturated carbocycles. The van der Waals surface area contributed by atoms with Gasteiger partial charge >= 0.3 is 0 Å². The van der Waals surface area contributed by atoms with Crippen LogP contribution < -0.4 is 0 Å². The zero-order valence-electron chi connectivity index (χ0n) is 10.3. The average Bonchev–Trinajstić information content (AvgIpc) is 2.34. The molecule has 0 fully saturated rings. The molecule has 0 saturated heterocycles. The van der Waals surface area contributed by atoms with Crippen LogP contribution in [0.25, 0.3) is 0 Å². The second-order valence-corrected chi connectivity index (χ2v) is 6.03. The number of aliphatic hydroxyl groups is 1. The highest BCUT2D eigenvalue weighted by Gasteiger charge is 2.23. The first-order valence-electron chi connectivity index (χ1n) is 5.81. The van der Waals surface area contributed by atoms with Crippen molar-refractivity contribution in [1.29, 1.82) is 0 Å². The Morgan fingerprint density at radius 1 is 1.21 bits per heavy atom. The molecule has 0 aliphatic carbocycles. The molecule has 100 valence electrons. The Morgan fingerprint density at radius 2 is 1.84 bits per heavy atom. The Hall–Kier alpha value is -0.900. The molecule has 0 aliphatic rings. The van der Waals surface area contributed by atoms with Crippen LogP contribution in [0.5, 0.6) is 0 Å². The summed E-state index contributed by atoms with van der Waals surface area (Å²) in [7, 11) is 0. The van der Waals surface area contributed by atoms with E-state index in [1.165, 1.54) is 12.1 Å². The zero-order valence-corrected chi connectivity index (χ0v) is 12.7. The molecule has 1 N–H and O–H groups in total. The molecule has 2 aromatic rings. The molecule has 1 unspecified atom stereocenters. The maximum Gasteiger partial charge on any atom is 0.142 e. The van der Waals surface area contributed by atoms with Crippen LogP contribution in [0.2, 0.25) is 5.02 Å². The van der Waals surface area contributed by atoms with E-state index in [1.807, 2.05) is 24.3 Å². The van der Waals surface area contributed by atoms with Crippen molar-refractivity contribution in [3.8, 4) is 0 Å². The number of halogens is 3. The van der Waals surface area contributed by atoms with E-state index in [1.54, 1.807) is 13.0 Å². The monoisotopic (exact) mass is 342 g/mol. The molecule has 19 heavy (non-hydrogen) atoms. The van der Waals surface area contributed by atoms with Crippen molar-refractivity contribution in [3.63, 3.8) is 0 Å². The van der Waals surface area contributed by atoms with Gasteiger partial charge < -0.3 is 5.11 Å². The summed E-state index contributed by atoms with van der Waals surface area (Å²) >= 11 is 8.99. The van der Waals surface area contributed by atoms with Crippen molar-refractivity contribution < 1.29 is 9.50 Å². The van der Waals surface area contributed by atoms with Crippen LogP contribution in [-0.4, -0.2) is 5.11 Å². The van der Waals surface area contributed by atoms with E-state index in [0.29, 0.717) is 12.0 Å². The number of hydrogen-bond donors (Lipinski definition) is 1. The van der Waals surface area contributed by atoms with Gasteiger partial charge in [0, 0.05) is 10.9 Å². The summed E-state index contributed by atoms with van der Waals surface area (Å²) in [6, 6.07) is 12.0. The minimum atomic E-state index is -1.05. The summed E-state index contributed by atoms with van der Waals surface area (Å²) in [6.07, 6.45) is 0.322. The van der Waals surface area contributed by atoms with Crippen LogP contribution in [0.1, 0.15) is 18.1 Å². The van der Waals surface area contributed by atoms with Gasteiger partial charge in [0.25, 0.3) is 0 Å². The molecule has 2 rings (SSSR count). The Morgan fingerprint density at radius 3 is 2.42 bits per heavy atom. The average molecular weight is 344 g/mol. The van der Waals surface area contributed by atoms with Gasteiger partial charge in [0.2, 0.25) is 0 Å². The molecule has 4 heteroatoms. The van der Waals surface area contributed by atoms with Crippen molar-refractivity contribution in [1.82, 2.24) is 0 Å². The normalized spacial score (nSPS) is 14.2. The van der Waals surface area contributed by atoms with Gasteiger partial charge in [0.1, 0.15) is 5.82 Å². The first kappa shape index (κ1) is 14.5. The summed E-state index contributed by atoms with van der Waals surface area (Å²) in [4.78, 5) is 0. The maximum absolute atomic E-state index is 13.4. The van der Waals surface area contributed by atoms with Crippen LogP contribution in [-0.2, 0) is 12.0 Å². The van der Waals surface area contributed by atoms with Crippen molar-refractivity contribution in [2.75, 3.05) is 0 Å². The fourth-order valence-corrected chi connectivity index (χ4v) is 2.34. The highest BCUT2D eigenvalue weighted by molar-refractivity contribution is 9.10. The minimum absolute atomic E-state index is 0.0898. The quantitative estimate of drug-likeness (QED) is 0.857. The van der Waals surface area contributed by atoms with Crippen LogP contribution in [0.15, 0.2) is 46.9 Å². The summed E-state index contributed by atoms with van der Waals surface area (Å²) in [6.45, 7) is 1.71. The zero-order chi connectivity index (χ0) is 14.0. The van der Waals surface area contributed by atoms with Crippen molar-refractivity contribution in [3.05, 3.63) is 68.9 Å². The van der Waals surface area contributed by atoms with E-state index >= 15 is 0 Å². The molecule has 0 radical (unpaired) electrons. The lowest BCUT2D eigenvalue weighted by Crippen LogP contribution is -2.24. The van der Waals surface area contributed by atoms with Gasteiger partial charge in [-0.2, -0.15) is 0 Å². The smallest absolute Gasteiger partial charge is 0.142 e. The van der Waals surface area contributed by atoms with Gasteiger partial charge in [0.15, 0.2) is 0 Å². The van der Waals surface area contributed by atoms with Crippen molar-refractivity contribution >= 4 is 27.5 Å². The number of benzene rings is 2. The van der Waals surface area contributed by atoms with Crippen LogP contribution in [0, 0.1) is 5.82 Å². The van der Waals surface area contributed by atoms with Crippen LogP contribution in [0.4, 0.5) is 4.39 Å². The summed E-state index contributed by atoms with van der Waals surface area (Å²) in [5, 5.41) is 10.6. The lowest BCUT2D eigenvalue weighted by molar-refractivity contribution is 0.0575. The molecule has 0 amide bonds. The Kier molecular flexibility index (Phi) is 4.29. The number of hydrogen-bond acceptors (Lipinski definition) is 1. The maximum atomic E-state index is 13.4. The molecule has 0 bridgehead atoms. The van der Waals surface area contributed by atoms with Gasteiger partial charge in [-0.1, -0.05) is 45.7 Å². The molecule has 1 atom stereocenters. The van der Waals surface area contributed by atoms with E-state index in [-0.39, 0.29) is 5.02 Å². The molecule has 0 aromatic heterocycles. The highest BCUT2D eigenvalue weighted by atomic mass is 79.9. The van der Waals surface area contributed by atoms with E-state index in [9.17, 15) is 9.50 Å². The van der Waals surface area contributed by atoms with Gasteiger partial charge in [-0.15, -0.1) is 0 Å². The third-order valence-electron chi connectivity index (χ3n) is 3.00. The van der Waals surface area contributed by atoms with Crippen LogP contribution in [0.3, 0.4) is 0 Å². The first-order chi connectivity index (χ1) is 8.88. The van der Waals surface area contributed by atoms with Gasteiger partial charge in [-0.25, -0.2) is 4.39 Å². The van der Waals surface area contributed by atoms with Gasteiger partial charge in [-0.05, 0) is 42.3 Å². The molecule has 0 spiro atoms. The van der Waals surface area contributed by atoms with E-state index in [2.05, 4.69) is 15.9 Å². The minimum Gasteiger partial charge on any atom is -0.385 e. The highest BCUT2D eigenvalue weighted by Crippen LogP contribution is 2.27. The largest absolute Gasteiger partial charge is 0.385 e. The van der Waals surface area contributed by atoms with Crippen molar-refractivity contribution in [2.45, 2.75) is 18.9 Å². The molecule has 1 nitrogen and oxygen atoms in total. The third kappa shape index (κ3) is 3.56. The van der Waals surface area contributed by atoms with Crippen molar-refractivity contribution in [2.24, 2.45) is 0 Å². The Balaban J connectivity index is 2.25. The Bertz CT molecular complexity index is 581. The van der Waals surface area contributed by atoms with E-state index in [4.69, 9.17) is 11.6 Å². The second kappa shape index (κ2) is 5.61. The van der Waals surface area contributed by atoms with Gasteiger partial charge in [0.05, 0.1) is 10.6 Å². The summed E-state index contributed by atoms with van der Waals surface area (Å²) in [5.41, 5.74) is 0.432. The third-order valence-corrected chi connectivity index (χ3v) is 3.83. The lowest BCUT2D eigenvalue weighted by Gasteiger charge is -2.24. The van der Waals surface area contributed by atoms with E-state index < -0.39 is 11.4 Å². The molecule has 2 aromatic carbocycles. The van der Waals surface area contributed by atoms with Crippen LogP contribution >= 0.6 is 27.5 Å². The van der Waals surface area contributed by atoms with Gasteiger partial charge in [-0.3, -0.25) is 0 Å². The molecular weight excluding hydrogens is 331 g/mol. The summed E-state index contributed by atoms with van der Waals surface area (Å²) < 4.78 is 14.3. The SMILES string of the molecule is CC(O)(Cc1ccc(Cl)c(F)c1)c1ccc(Br)cc1. The molecule has 0 heterocycles. The Labute approximate surface area is 125 Å². The molecule has 0 aliphatic heterocycles. The standard InChI is InChI=1S/C15H13BrClFO/c1-15(19,11-3-5-12(16)6-4-11)9-10-2-7-13(17)14(18)8-10/h2-8,19H,9H2,1H3. The lowest BCUT2D eigenvalue weighted by atomic mass is 9.89. The molecular formula is C15H13BrClFO. The summed E-state index contributed by atoms with van der Waals surface area (Å²) in [5.74, 6) is -0.467.